The highest BCUT2D eigenvalue weighted by Gasteiger charge is 2.21. The summed E-state index contributed by atoms with van der Waals surface area (Å²) in [5, 5.41) is 9.39. The SMILES string of the molecule is CN(C)S(=O)(=O)c1ccc2cc3c(cc2c1)C(=N)N=C3N. The summed E-state index contributed by atoms with van der Waals surface area (Å²) in [6.07, 6.45) is 0. The van der Waals surface area contributed by atoms with Crippen LogP contribution < -0.4 is 5.73 Å². The van der Waals surface area contributed by atoms with Crippen LogP contribution in [0.1, 0.15) is 11.1 Å². The minimum absolute atomic E-state index is 0.102. The molecular formula is C14H14N4O2S. The third-order valence-corrected chi connectivity index (χ3v) is 5.30. The average Bonchev–Trinajstić information content (AvgIpc) is 2.70. The Morgan fingerprint density at radius 1 is 1.10 bits per heavy atom. The number of fused-ring (bicyclic) bond motifs is 2. The van der Waals surface area contributed by atoms with E-state index in [1.165, 1.54) is 18.4 Å². The second-order valence-corrected chi connectivity index (χ2v) is 7.19. The number of amidine groups is 2. The Bertz CT molecular complexity index is 914. The first-order valence-electron chi connectivity index (χ1n) is 6.24. The Morgan fingerprint density at radius 3 is 2.43 bits per heavy atom. The summed E-state index contributed by atoms with van der Waals surface area (Å²) in [6, 6.07) is 8.49. The number of hydrogen-bond acceptors (Lipinski definition) is 4. The molecule has 0 radical (unpaired) electrons. The monoisotopic (exact) mass is 302 g/mol. The van der Waals surface area contributed by atoms with Crippen molar-refractivity contribution in [2.75, 3.05) is 14.1 Å². The lowest BCUT2D eigenvalue weighted by Crippen LogP contribution is -2.22. The molecule has 2 aromatic carbocycles. The van der Waals surface area contributed by atoms with Gasteiger partial charge < -0.3 is 5.73 Å². The van der Waals surface area contributed by atoms with E-state index in [9.17, 15) is 8.42 Å². The van der Waals surface area contributed by atoms with Crippen LogP contribution in [-0.4, -0.2) is 38.5 Å². The third-order valence-electron chi connectivity index (χ3n) is 3.49. The molecule has 1 heterocycles. The summed E-state index contributed by atoms with van der Waals surface area (Å²) in [6.45, 7) is 0. The molecule has 0 atom stereocenters. The number of nitrogens with two attached hydrogens (primary N) is 1. The van der Waals surface area contributed by atoms with Crippen LogP contribution in [0.4, 0.5) is 0 Å². The van der Waals surface area contributed by atoms with Gasteiger partial charge in [-0.25, -0.2) is 17.7 Å². The van der Waals surface area contributed by atoms with Gasteiger partial charge in [-0.3, -0.25) is 5.41 Å². The van der Waals surface area contributed by atoms with E-state index in [0.717, 1.165) is 16.3 Å². The van der Waals surface area contributed by atoms with Gasteiger partial charge in [-0.1, -0.05) is 6.07 Å². The van der Waals surface area contributed by atoms with E-state index in [-0.39, 0.29) is 10.7 Å². The van der Waals surface area contributed by atoms with E-state index < -0.39 is 10.0 Å². The minimum Gasteiger partial charge on any atom is -0.383 e. The number of aliphatic imine (C=N–C) groups is 1. The molecule has 0 fully saturated rings. The van der Waals surface area contributed by atoms with Gasteiger partial charge in [0.15, 0.2) is 5.84 Å². The zero-order chi connectivity index (χ0) is 15.4. The fourth-order valence-electron chi connectivity index (χ4n) is 2.30. The fraction of sp³-hybridized carbons (Fsp3) is 0.143. The predicted molar refractivity (Wildman–Crippen MR) is 82.4 cm³/mol. The molecule has 0 unspecified atom stereocenters. The van der Waals surface area contributed by atoms with Crippen molar-refractivity contribution in [1.82, 2.24) is 4.31 Å². The highest BCUT2D eigenvalue weighted by atomic mass is 32.2. The second-order valence-electron chi connectivity index (χ2n) is 5.04. The highest BCUT2D eigenvalue weighted by Crippen LogP contribution is 2.27. The van der Waals surface area contributed by atoms with Crippen LogP contribution in [0, 0.1) is 5.41 Å². The molecule has 1 aliphatic rings. The van der Waals surface area contributed by atoms with E-state index in [2.05, 4.69) is 4.99 Å². The number of nitrogens with zero attached hydrogens (tertiary/aromatic N) is 2. The first-order valence-corrected chi connectivity index (χ1v) is 7.68. The van der Waals surface area contributed by atoms with Gasteiger partial charge in [-0.05, 0) is 35.0 Å². The van der Waals surface area contributed by atoms with Crippen LogP contribution in [0.25, 0.3) is 10.8 Å². The number of benzene rings is 2. The fourth-order valence-corrected chi connectivity index (χ4v) is 3.23. The minimum atomic E-state index is -3.48. The van der Waals surface area contributed by atoms with E-state index >= 15 is 0 Å². The molecule has 7 heteroatoms. The number of nitrogens with one attached hydrogen (secondary N) is 1. The van der Waals surface area contributed by atoms with Gasteiger partial charge in [0.25, 0.3) is 0 Å². The smallest absolute Gasteiger partial charge is 0.242 e. The van der Waals surface area contributed by atoms with E-state index in [4.69, 9.17) is 11.1 Å². The zero-order valence-corrected chi connectivity index (χ0v) is 12.4. The molecule has 0 spiro atoms. The van der Waals surface area contributed by atoms with Gasteiger partial charge in [-0.2, -0.15) is 0 Å². The molecular weight excluding hydrogens is 288 g/mol. The highest BCUT2D eigenvalue weighted by molar-refractivity contribution is 7.89. The summed E-state index contributed by atoms with van der Waals surface area (Å²) in [7, 11) is -0.495. The molecule has 0 amide bonds. The maximum atomic E-state index is 12.2. The largest absolute Gasteiger partial charge is 0.383 e. The van der Waals surface area contributed by atoms with E-state index in [0.29, 0.717) is 11.4 Å². The van der Waals surface area contributed by atoms with Gasteiger partial charge >= 0.3 is 0 Å². The number of rotatable bonds is 2. The van der Waals surface area contributed by atoms with Crippen molar-refractivity contribution in [3.8, 4) is 0 Å². The van der Waals surface area contributed by atoms with Gasteiger partial charge in [0.1, 0.15) is 5.84 Å². The standard InChI is InChI=1S/C14H14N4O2S/c1-18(2)21(19,20)10-4-3-8-6-11-12(7-9(8)5-10)14(16)17-13(11)15/h3-7H,1-2H3,(H3,15,16,17). The Balaban J connectivity index is 2.24. The van der Waals surface area contributed by atoms with Gasteiger partial charge in [0.2, 0.25) is 10.0 Å². The van der Waals surface area contributed by atoms with Crippen LogP contribution in [0.2, 0.25) is 0 Å². The number of hydrogen-bond donors (Lipinski definition) is 2. The molecule has 21 heavy (non-hydrogen) atoms. The van der Waals surface area contributed by atoms with Gasteiger partial charge in [-0.15, -0.1) is 0 Å². The maximum absolute atomic E-state index is 12.2. The normalized spacial score (nSPS) is 14.6. The van der Waals surface area contributed by atoms with Crippen LogP contribution in [0.5, 0.6) is 0 Å². The topological polar surface area (TPSA) is 99.6 Å². The van der Waals surface area contributed by atoms with E-state index in [1.807, 2.05) is 6.07 Å². The van der Waals surface area contributed by atoms with Crippen molar-refractivity contribution in [3.05, 3.63) is 41.5 Å². The molecule has 6 nitrogen and oxygen atoms in total. The summed E-state index contributed by atoms with van der Waals surface area (Å²) >= 11 is 0. The van der Waals surface area contributed by atoms with Crippen LogP contribution in [-0.2, 0) is 10.0 Å². The number of sulfonamides is 1. The quantitative estimate of drug-likeness (QED) is 0.869. The summed E-state index contributed by atoms with van der Waals surface area (Å²) < 4.78 is 25.5. The van der Waals surface area contributed by atoms with Crippen molar-refractivity contribution in [2.45, 2.75) is 4.90 Å². The Kier molecular flexibility index (Phi) is 2.86. The predicted octanol–water partition coefficient (Wildman–Crippen LogP) is 1.13. The van der Waals surface area contributed by atoms with Crippen molar-refractivity contribution in [2.24, 2.45) is 10.7 Å². The molecule has 0 bridgehead atoms. The van der Waals surface area contributed by atoms with Crippen molar-refractivity contribution < 1.29 is 8.42 Å². The molecule has 3 N–H and O–H groups in total. The summed E-state index contributed by atoms with van der Waals surface area (Å²) in [5.74, 6) is 0.423. The van der Waals surface area contributed by atoms with Gasteiger partial charge in [0, 0.05) is 25.2 Å². The molecule has 0 saturated heterocycles. The second kappa shape index (κ2) is 4.37. The van der Waals surface area contributed by atoms with E-state index in [1.54, 1.807) is 24.3 Å². The molecule has 0 saturated carbocycles. The first-order chi connectivity index (χ1) is 9.80. The van der Waals surface area contributed by atoms with Crippen molar-refractivity contribution in [3.63, 3.8) is 0 Å². The lowest BCUT2D eigenvalue weighted by Gasteiger charge is -2.12. The molecule has 1 aliphatic heterocycles. The summed E-state index contributed by atoms with van der Waals surface area (Å²) in [5.41, 5.74) is 7.12. The van der Waals surface area contributed by atoms with Crippen LogP contribution >= 0.6 is 0 Å². The average molecular weight is 302 g/mol. The summed E-state index contributed by atoms with van der Waals surface area (Å²) in [4.78, 5) is 4.15. The lowest BCUT2D eigenvalue weighted by molar-refractivity contribution is 0.521. The molecule has 108 valence electrons. The molecule has 0 aliphatic carbocycles. The lowest BCUT2D eigenvalue weighted by atomic mass is 10.0. The van der Waals surface area contributed by atoms with Crippen LogP contribution in [0.15, 0.2) is 40.2 Å². The zero-order valence-electron chi connectivity index (χ0n) is 11.6. The third kappa shape index (κ3) is 2.01. The van der Waals surface area contributed by atoms with Crippen molar-refractivity contribution >= 4 is 32.5 Å². The maximum Gasteiger partial charge on any atom is 0.242 e. The van der Waals surface area contributed by atoms with Crippen molar-refractivity contribution in [1.29, 1.82) is 5.41 Å². The molecule has 3 rings (SSSR count). The van der Waals surface area contributed by atoms with Gasteiger partial charge in [0.05, 0.1) is 4.90 Å². The Morgan fingerprint density at radius 2 is 1.76 bits per heavy atom. The first kappa shape index (κ1) is 13.7. The molecule has 2 aromatic rings. The Hall–Kier alpha value is -2.25. The van der Waals surface area contributed by atoms with Crippen LogP contribution in [0.3, 0.4) is 0 Å². The Labute approximate surface area is 122 Å². The molecule has 0 aromatic heterocycles.